The van der Waals surface area contributed by atoms with Crippen molar-refractivity contribution in [2.24, 2.45) is 0 Å². The highest BCUT2D eigenvalue weighted by molar-refractivity contribution is 5.76. The Hall–Kier alpha value is -3.28. The summed E-state index contributed by atoms with van der Waals surface area (Å²) in [6, 6.07) is 13.9. The maximum atomic E-state index is 13.0. The van der Waals surface area contributed by atoms with E-state index >= 15 is 0 Å². The number of ether oxygens (including phenoxy) is 1. The Morgan fingerprint density at radius 1 is 1.00 bits per heavy atom. The van der Waals surface area contributed by atoms with Gasteiger partial charge in [0.1, 0.15) is 5.75 Å². The molecule has 0 aliphatic rings. The summed E-state index contributed by atoms with van der Waals surface area (Å²) in [6.07, 6.45) is 5.50. The Balaban J connectivity index is 1.69. The summed E-state index contributed by atoms with van der Waals surface area (Å²) >= 11 is 0. The predicted octanol–water partition coefficient (Wildman–Crippen LogP) is 5.14. The second-order valence-corrected chi connectivity index (χ2v) is 9.52. The van der Waals surface area contributed by atoms with Crippen LogP contribution in [0.5, 0.6) is 5.75 Å². The van der Waals surface area contributed by atoms with E-state index in [1.807, 2.05) is 39.6 Å². The van der Waals surface area contributed by atoms with Gasteiger partial charge in [-0.05, 0) is 87.8 Å². The summed E-state index contributed by atoms with van der Waals surface area (Å²) in [5, 5.41) is 9.23. The molecule has 0 aliphatic heterocycles. The third-order valence-corrected chi connectivity index (χ3v) is 6.21. The van der Waals surface area contributed by atoms with E-state index in [1.165, 1.54) is 25.0 Å². The fourth-order valence-electron chi connectivity index (χ4n) is 3.97. The van der Waals surface area contributed by atoms with E-state index in [0.717, 1.165) is 49.0 Å². The first-order valence-corrected chi connectivity index (χ1v) is 12.0. The van der Waals surface area contributed by atoms with Gasteiger partial charge in [0.25, 0.3) is 0 Å². The Kier molecular flexibility index (Phi) is 8.02. The molecule has 0 fully saturated rings. The first kappa shape index (κ1) is 25.3. The van der Waals surface area contributed by atoms with Crippen LogP contribution in [0.4, 0.5) is 0 Å². The van der Waals surface area contributed by atoms with Crippen LogP contribution in [-0.2, 0) is 30.7 Å². The molecular formula is C28H36N2O4. The van der Waals surface area contributed by atoms with Crippen LogP contribution in [0.15, 0.2) is 53.5 Å². The first-order valence-electron chi connectivity index (χ1n) is 12.0. The molecule has 6 heteroatoms. The van der Waals surface area contributed by atoms with Crippen LogP contribution < -0.4 is 10.4 Å². The zero-order valence-electron chi connectivity index (χ0n) is 20.9. The minimum Gasteiger partial charge on any atom is -0.478 e. The highest BCUT2D eigenvalue weighted by Gasteiger charge is 2.29. The monoisotopic (exact) mass is 464 g/mol. The van der Waals surface area contributed by atoms with Crippen molar-refractivity contribution in [3.8, 4) is 5.75 Å². The molecule has 0 bridgehead atoms. The molecule has 0 atom stereocenters. The van der Waals surface area contributed by atoms with Gasteiger partial charge in [0.15, 0.2) is 5.60 Å². The molecule has 0 saturated heterocycles. The van der Waals surface area contributed by atoms with Crippen LogP contribution in [0, 0.1) is 13.8 Å². The Labute approximate surface area is 201 Å². The molecule has 3 aromatic rings. The summed E-state index contributed by atoms with van der Waals surface area (Å²) in [7, 11) is 0. The number of aliphatic carboxylic acids is 1. The minimum absolute atomic E-state index is 0.0534. The highest BCUT2D eigenvalue weighted by Crippen LogP contribution is 2.20. The highest BCUT2D eigenvalue weighted by atomic mass is 16.5. The van der Waals surface area contributed by atoms with Gasteiger partial charge >= 0.3 is 11.7 Å². The maximum absolute atomic E-state index is 13.0. The quantitative estimate of drug-likeness (QED) is 0.426. The van der Waals surface area contributed by atoms with Gasteiger partial charge in [-0.2, -0.15) is 0 Å². The lowest BCUT2D eigenvalue weighted by atomic mass is 10.1. The van der Waals surface area contributed by atoms with Crippen molar-refractivity contribution < 1.29 is 14.6 Å². The number of rotatable bonds is 11. The average molecular weight is 465 g/mol. The van der Waals surface area contributed by atoms with Crippen LogP contribution >= 0.6 is 0 Å². The zero-order chi connectivity index (χ0) is 24.9. The number of carbonyl (C=O) groups is 1. The van der Waals surface area contributed by atoms with Crippen molar-refractivity contribution in [2.45, 2.75) is 79.0 Å². The topological polar surface area (TPSA) is 73.5 Å². The molecule has 0 unspecified atom stereocenters. The van der Waals surface area contributed by atoms with Crippen molar-refractivity contribution >= 4 is 5.97 Å². The average Bonchev–Trinajstić information content (AvgIpc) is 3.06. The molecule has 1 N–H and O–H groups in total. The molecule has 0 aliphatic carbocycles. The van der Waals surface area contributed by atoms with E-state index in [0.29, 0.717) is 12.3 Å². The lowest BCUT2D eigenvalue weighted by molar-refractivity contribution is -0.152. The summed E-state index contributed by atoms with van der Waals surface area (Å²) in [5.41, 5.74) is 4.61. The number of carboxylic acid groups (broad SMARTS) is 1. The third-order valence-electron chi connectivity index (χ3n) is 6.21. The number of aromatic nitrogens is 2. The normalized spacial score (nSPS) is 11.6. The number of aryl methyl sites for hydroxylation is 5. The van der Waals surface area contributed by atoms with Crippen LogP contribution in [0.2, 0.25) is 0 Å². The van der Waals surface area contributed by atoms with Crippen molar-refractivity contribution in [3.63, 3.8) is 0 Å². The Morgan fingerprint density at radius 3 is 2.29 bits per heavy atom. The minimum atomic E-state index is -1.27. The summed E-state index contributed by atoms with van der Waals surface area (Å²) in [5.74, 6) is -0.464. The molecule has 0 saturated carbocycles. The number of hydrogen-bond donors (Lipinski definition) is 1. The summed E-state index contributed by atoms with van der Waals surface area (Å²) in [4.78, 5) is 24.3. The van der Waals surface area contributed by atoms with Gasteiger partial charge in [-0.3, -0.25) is 9.13 Å². The van der Waals surface area contributed by atoms with Gasteiger partial charge in [-0.15, -0.1) is 0 Å². The van der Waals surface area contributed by atoms with E-state index in [1.54, 1.807) is 0 Å². The molecule has 34 heavy (non-hydrogen) atoms. The van der Waals surface area contributed by atoms with E-state index in [2.05, 4.69) is 39.0 Å². The van der Waals surface area contributed by atoms with Gasteiger partial charge in [-0.1, -0.05) is 37.3 Å². The SMILES string of the molecule is CCCn1cc(CCCc2ccc(OC(C)(C)C(=O)O)cc2)n(Cc2ccc(C)c(C)c2)c1=O. The number of imidazole rings is 1. The van der Waals surface area contributed by atoms with Crippen molar-refractivity contribution in [1.29, 1.82) is 0 Å². The Morgan fingerprint density at radius 2 is 1.68 bits per heavy atom. The van der Waals surface area contributed by atoms with Gasteiger partial charge in [-0.25, -0.2) is 9.59 Å². The van der Waals surface area contributed by atoms with Crippen molar-refractivity contribution in [1.82, 2.24) is 9.13 Å². The van der Waals surface area contributed by atoms with Crippen molar-refractivity contribution in [2.75, 3.05) is 0 Å². The smallest absolute Gasteiger partial charge is 0.347 e. The molecule has 6 nitrogen and oxygen atoms in total. The lowest BCUT2D eigenvalue weighted by Crippen LogP contribution is -2.37. The fraction of sp³-hybridized carbons (Fsp3) is 0.429. The molecule has 1 heterocycles. The molecule has 0 amide bonds. The summed E-state index contributed by atoms with van der Waals surface area (Å²) < 4.78 is 9.31. The van der Waals surface area contributed by atoms with Gasteiger partial charge in [0.05, 0.1) is 6.54 Å². The number of benzene rings is 2. The lowest BCUT2D eigenvalue weighted by Gasteiger charge is -2.21. The zero-order valence-corrected chi connectivity index (χ0v) is 20.9. The van der Waals surface area contributed by atoms with Gasteiger partial charge < -0.3 is 9.84 Å². The van der Waals surface area contributed by atoms with Crippen LogP contribution in [-0.4, -0.2) is 25.8 Å². The molecule has 3 rings (SSSR count). The molecular weight excluding hydrogens is 428 g/mol. The van der Waals surface area contributed by atoms with Crippen molar-refractivity contribution in [3.05, 3.63) is 87.1 Å². The first-order chi connectivity index (χ1) is 16.1. The number of nitrogens with zero attached hydrogens (tertiary/aromatic N) is 2. The van der Waals surface area contributed by atoms with Crippen LogP contribution in [0.25, 0.3) is 0 Å². The predicted molar refractivity (Wildman–Crippen MR) is 135 cm³/mol. The summed E-state index contributed by atoms with van der Waals surface area (Å²) in [6.45, 7) is 10.6. The third kappa shape index (κ3) is 6.19. The molecule has 0 spiro atoms. The van der Waals surface area contributed by atoms with E-state index < -0.39 is 11.6 Å². The molecule has 2 aromatic carbocycles. The second-order valence-electron chi connectivity index (χ2n) is 9.52. The van der Waals surface area contributed by atoms with Gasteiger partial charge in [0, 0.05) is 18.4 Å². The van der Waals surface area contributed by atoms with E-state index in [-0.39, 0.29) is 5.69 Å². The molecule has 0 radical (unpaired) electrons. The van der Waals surface area contributed by atoms with E-state index in [9.17, 15) is 14.7 Å². The van der Waals surface area contributed by atoms with Crippen LogP contribution in [0.1, 0.15) is 61.6 Å². The fourth-order valence-corrected chi connectivity index (χ4v) is 3.97. The van der Waals surface area contributed by atoms with Crippen LogP contribution in [0.3, 0.4) is 0 Å². The maximum Gasteiger partial charge on any atom is 0.347 e. The molecule has 182 valence electrons. The van der Waals surface area contributed by atoms with E-state index in [4.69, 9.17) is 4.74 Å². The number of hydrogen-bond acceptors (Lipinski definition) is 3. The largest absolute Gasteiger partial charge is 0.478 e. The Bertz CT molecular complexity index is 1190. The number of carboxylic acids is 1. The molecule has 1 aromatic heterocycles. The standard InChI is InChI=1S/C28H36N2O4/c1-6-16-29-19-24(30(27(29)33)18-23-11-10-20(2)21(3)17-23)9-7-8-22-12-14-25(15-13-22)34-28(4,5)26(31)32/h10-15,17,19H,6-9,16,18H2,1-5H3,(H,31,32). The van der Waals surface area contributed by atoms with Gasteiger partial charge in [0.2, 0.25) is 0 Å². The second kappa shape index (κ2) is 10.8.